The first-order valence-corrected chi connectivity index (χ1v) is 17.5. The summed E-state index contributed by atoms with van der Waals surface area (Å²) in [6.45, 7) is 1.99. The van der Waals surface area contributed by atoms with Crippen LogP contribution in [0.5, 0.6) is 0 Å². The number of hydrogen-bond donors (Lipinski definition) is 4. The fourth-order valence-electron chi connectivity index (χ4n) is 6.54. The normalized spacial score (nSPS) is 11.3. The number of nitrogens with one attached hydrogen (secondary N) is 1. The first kappa shape index (κ1) is 33.8. The number of carbonyl (C=O) groups is 1. The van der Waals surface area contributed by atoms with Crippen LogP contribution >= 0.6 is 12.6 Å². The molecule has 5 N–H and O–H groups in total. The van der Waals surface area contributed by atoms with Crippen LogP contribution in [0.15, 0.2) is 138 Å². The zero-order chi connectivity index (χ0) is 35.3. The van der Waals surface area contributed by atoms with Gasteiger partial charge in [0, 0.05) is 42.1 Å². The van der Waals surface area contributed by atoms with E-state index in [1.165, 1.54) is 5.39 Å². The van der Waals surface area contributed by atoms with E-state index in [-0.39, 0.29) is 11.7 Å². The van der Waals surface area contributed by atoms with E-state index in [0.717, 1.165) is 61.4 Å². The van der Waals surface area contributed by atoms with E-state index < -0.39 is 0 Å². The summed E-state index contributed by atoms with van der Waals surface area (Å²) >= 11 is 4.73. The molecule has 0 fully saturated rings. The zero-order valence-corrected chi connectivity index (χ0v) is 29.2. The van der Waals surface area contributed by atoms with Crippen LogP contribution in [0.1, 0.15) is 49.6 Å². The summed E-state index contributed by atoms with van der Waals surface area (Å²) in [4.78, 5) is 22.4. The molecule has 0 atom stereocenters. The lowest BCUT2D eigenvalue weighted by molar-refractivity contribution is 0.0730. The number of aryl methyl sites for hydroxylation is 2. The maximum atomic E-state index is 14.4. The second-order valence-corrected chi connectivity index (χ2v) is 13.4. The van der Waals surface area contributed by atoms with Crippen molar-refractivity contribution in [1.82, 2.24) is 14.5 Å². The van der Waals surface area contributed by atoms with Gasteiger partial charge in [-0.1, -0.05) is 103 Å². The molecule has 0 unspecified atom stereocenters. The quantitative estimate of drug-likeness (QED) is 0.0594. The molecule has 7 nitrogen and oxygen atoms in total. The van der Waals surface area contributed by atoms with Crippen LogP contribution in [-0.2, 0) is 39.0 Å². The summed E-state index contributed by atoms with van der Waals surface area (Å²) in [6, 6.07) is 44.5. The third-order valence-electron chi connectivity index (χ3n) is 9.40. The summed E-state index contributed by atoms with van der Waals surface area (Å²) < 4.78 is 2.23. The third kappa shape index (κ3) is 7.72. The molecule has 1 amide bonds. The van der Waals surface area contributed by atoms with Gasteiger partial charge in [0.1, 0.15) is 11.7 Å². The van der Waals surface area contributed by atoms with Gasteiger partial charge in [0.05, 0.1) is 17.6 Å². The second-order valence-electron chi connectivity index (χ2n) is 12.9. The predicted octanol–water partition coefficient (Wildman–Crippen LogP) is 7.90. The highest BCUT2D eigenvalue weighted by molar-refractivity contribution is 7.80. The average Bonchev–Trinajstić information content (AvgIpc) is 3.50. The van der Waals surface area contributed by atoms with E-state index in [0.29, 0.717) is 43.7 Å². The average molecular weight is 689 g/mol. The number of benzene rings is 6. The van der Waals surface area contributed by atoms with Gasteiger partial charge in [-0.2, -0.15) is 0 Å². The molecule has 51 heavy (non-hydrogen) atoms. The van der Waals surface area contributed by atoms with E-state index in [2.05, 4.69) is 41.0 Å². The van der Waals surface area contributed by atoms with Crippen LogP contribution in [0.25, 0.3) is 21.8 Å². The molecule has 7 aromatic rings. The Morgan fingerprint density at radius 2 is 1.35 bits per heavy atom. The van der Waals surface area contributed by atoms with Gasteiger partial charge < -0.3 is 20.9 Å². The molecule has 0 aliphatic carbocycles. The Kier molecular flexibility index (Phi) is 9.97. The summed E-state index contributed by atoms with van der Waals surface area (Å²) in [7, 11) is 0. The van der Waals surface area contributed by atoms with Gasteiger partial charge in [0.15, 0.2) is 0 Å². The number of fused-ring (bicyclic) bond motifs is 2. The van der Waals surface area contributed by atoms with Crippen molar-refractivity contribution in [1.29, 1.82) is 5.41 Å². The van der Waals surface area contributed by atoms with Gasteiger partial charge in [0.2, 0.25) is 0 Å². The number of nitrogens with two attached hydrogens (primary N) is 2. The fraction of sp³-hybridized carbons (Fsp3) is 0.140. The molecule has 0 radical (unpaired) electrons. The van der Waals surface area contributed by atoms with E-state index >= 15 is 0 Å². The highest BCUT2D eigenvalue weighted by Crippen LogP contribution is 2.25. The number of carbonyl (C=O) groups excluding carboxylic acids is 1. The molecule has 6 aromatic carbocycles. The summed E-state index contributed by atoms with van der Waals surface area (Å²) in [5, 5.41) is 10.0. The van der Waals surface area contributed by atoms with Crippen molar-refractivity contribution < 1.29 is 4.79 Å². The Balaban J connectivity index is 1.22. The van der Waals surface area contributed by atoms with Gasteiger partial charge in [-0.15, -0.1) is 12.6 Å². The number of aromatic nitrogens is 2. The lowest BCUT2D eigenvalue weighted by Gasteiger charge is -2.24. The summed E-state index contributed by atoms with van der Waals surface area (Å²) in [5.41, 5.74) is 19.9. The Bertz CT molecular complexity index is 2350. The molecule has 0 aliphatic rings. The molecular formula is C43H40N6OS. The smallest absolute Gasteiger partial charge is 0.254 e. The van der Waals surface area contributed by atoms with Gasteiger partial charge in [-0.3, -0.25) is 10.2 Å². The minimum absolute atomic E-state index is 0.0550. The van der Waals surface area contributed by atoms with E-state index in [4.69, 9.17) is 34.5 Å². The number of amides is 1. The van der Waals surface area contributed by atoms with Crippen LogP contribution in [0, 0.1) is 5.41 Å². The Morgan fingerprint density at radius 1 is 0.706 bits per heavy atom. The van der Waals surface area contributed by atoms with Crippen molar-refractivity contribution in [2.75, 3.05) is 0 Å². The second kappa shape index (κ2) is 15.0. The number of amidine groups is 1. The standard InChI is InChI=1S/C43H40N6OS/c44-25-30-9-11-31(12-10-30)26-48(27-32-15-17-33-5-1-2-6-35(33)23-32)43(50)36-20-21-39-38(24-36)47-41(49(39)28-37-7-3-4-8-40(37)51)22-16-29-13-18-34(19-14-29)42(45)46/h1-15,17-21,23-24,51H,16,22,25-28,44H2,(H3,45,46). The third-order valence-corrected chi connectivity index (χ3v) is 9.84. The fourth-order valence-corrected chi connectivity index (χ4v) is 6.77. The lowest BCUT2D eigenvalue weighted by Crippen LogP contribution is -2.30. The van der Waals surface area contributed by atoms with Crippen molar-refractivity contribution >= 4 is 46.2 Å². The van der Waals surface area contributed by atoms with Crippen molar-refractivity contribution in [2.24, 2.45) is 11.5 Å². The maximum absolute atomic E-state index is 14.4. The van der Waals surface area contributed by atoms with Crippen LogP contribution < -0.4 is 11.5 Å². The van der Waals surface area contributed by atoms with Crippen molar-refractivity contribution in [2.45, 2.75) is 43.9 Å². The van der Waals surface area contributed by atoms with Gasteiger partial charge in [-0.05, 0) is 75.3 Å². The van der Waals surface area contributed by atoms with Crippen molar-refractivity contribution in [3.63, 3.8) is 0 Å². The Labute approximate surface area is 303 Å². The van der Waals surface area contributed by atoms with Crippen LogP contribution in [0.4, 0.5) is 0 Å². The van der Waals surface area contributed by atoms with Crippen LogP contribution in [-0.4, -0.2) is 26.2 Å². The molecule has 0 saturated heterocycles. The van der Waals surface area contributed by atoms with Crippen molar-refractivity contribution in [3.8, 4) is 0 Å². The first-order valence-electron chi connectivity index (χ1n) is 17.1. The minimum atomic E-state index is -0.0599. The minimum Gasteiger partial charge on any atom is -0.384 e. The molecule has 0 bridgehead atoms. The monoisotopic (exact) mass is 688 g/mol. The maximum Gasteiger partial charge on any atom is 0.254 e. The van der Waals surface area contributed by atoms with E-state index in [1.807, 2.05) is 102 Å². The largest absolute Gasteiger partial charge is 0.384 e. The number of rotatable bonds is 12. The summed E-state index contributed by atoms with van der Waals surface area (Å²) in [5.74, 6) is 0.921. The molecule has 1 heterocycles. The van der Waals surface area contributed by atoms with Crippen LogP contribution in [0.3, 0.4) is 0 Å². The van der Waals surface area contributed by atoms with E-state index in [1.54, 1.807) is 0 Å². The lowest BCUT2D eigenvalue weighted by atomic mass is 10.1. The van der Waals surface area contributed by atoms with E-state index in [9.17, 15) is 4.79 Å². The molecule has 8 heteroatoms. The van der Waals surface area contributed by atoms with Gasteiger partial charge in [-0.25, -0.2) is 4.98 Å². The molecule has 0 aliphatic heterocycles. The first-order chi connectivity index (χ1) is 24.8. The van der Waals surface area contributed by atoms with Gasteiger partial charge >= 0.3 is 0 Å². The Hall–Kier alpha value is -5.70. The number of thiol groups is 1. The SMILES string of the molecule is N=C(N)c1ccc(CCc2nc3cc(C(=O)N(Cc4ccc(CN)cc4)Cc4ccc5ccccc5c4)ccc3n2Cc2ccccc2S)cc1. The summed E-state index contributed by atoms with van der Waals surface area (Å²) in [6.07, 6.45) is 1.46. The topological polar surface area (TPSA) is 114 Å². The van der Waals surface area contributed by atoms with Crippen LogP contribution in [0.2, 0.25) is 0 Å². The van der Waals surface area contributed by atoms with Gasteiger partial charge in [0.25, 0.3) is 5.91 Å². The highest BCUT2D eigenvalue weighted by Gasteiger charge is 2.20. The predicted molar refractivity (Wildman–Crippen MR) is 209 cm³/mol. The van der Waals surface area contributed by atoms with Crippen molar-refractivity contribution in [3.05, 3.63) is 178 Å². The number of nitrogens with zero attached hydrogens (tertiary/aromatic N) is 3. The molecular weight excluding hydrogens is 649 g/mol. The molecule has 254 valence electrons. The Morgan fingerprint density at radius 3 is 2.10 bits per heavy atom. The number of hydrogen-bond acceptors (Lipinski definition) is 5. The number of imidazole rings is 1. The molecule has 0 spiro atoms. The highest BCUT2D eigenvalue weighted by atomic mass is 32.1. The molecule has 7 rings (SSSR count). The number of nitrogen functional groups attached to an aromatic ring is 1. The molecule has 0 saturated carbocycles. The zero-order valence-electron chi connectivity index (χ0n) is 28.3. The molecule has 1 aromatic heterocycles.